The molecule has 0 saturated carbocycles. The van der Waals surface area contributed by atoms with E-state index in [0.29, 0.717) is 0 Å². The summed E-state index contributed by atoms with van der Waals surface area (Å²) in [4.78, 5) is 0. The van der Waals surface area contributed by atoms with Gasteiger partial charge < -0.3 is 0 Å². The van der Waals surface area contributed by atoms with E-state index in [1.807, 2.05) is 0 Å². The van der Waals surface area contributed by atoms with Gasteiger partial charge in [-0.25, -0.2) is 0 Å². The van der Waals surface area contributed by atoms with Gasteiger partial charge in [-0.15, -0.1) is 0 Å². The van der Waals surface area contributed by atoms with Crippen LogP contribution in [0.4, 0.5) is 0 Å². The van der Waals surface area contributed by atoms with E-state index in [-0.39, 0.29) is 708 Å². The predicted octanol–water partition coefficient (Wildman–Crippen LogP) is 58.0. The Balaban J connectivity index is -0.00000000000119. The molecule has 0 N–H and O–H groups in total. The summed E-state index contributed by atoms with van der Waals surface area (Å²) in [5.41, 5.74) is 0. The smallest absolute Gasteiger partial charge is 0.0985 e. The van der Waals surface area contributed by atoms with Crippen LogP contribution in [0.15, 0.2) is 0 Å². The first-order valence-corrected chi connectivity index (χ1v) is 0. The van der Waals surface area contributed by atoms with Crippen molar-refractivity contribution in [3.63, 3.8) is 0 Å². The fraction of sp³-hybridized carbons (Fsp3) is 1.00. The molecular weight excluding hydrogens is 1360 g/mol. The van der Waals surface area contributed by atoms with Crippen LogP contribution in [0.1, 0.15) is 676 Å². The molecule has 0 amide bonds. The van der Waals surface area contributed by atoms with E-state index in [9.17, 15) is 0 Å². The zero-order valence-electron chi connectivity index (χ0n) is 2.02. The minimum Gasteiger partial charge on any atom is -0.197 e. The van der Waals surface area contributed by atoms with E-state index < -0.39 is 0 Å². The second kappa shape index (κ2) is 385000. The molecule has 0 aromatic heterocycles. The third-order valence-electron chi connectivity index (χ3n) is 0. The fourth-order valence-electron chi connectivity index (χ4n) is 0. The maximum Gasteiger partial charge on any atom is 0.0985 e. The number of rotatable bonds is 0. The van der Waals surface area contributed by atoms with Gasteiger partial charge in [-0.2, -0.15) is 13.4 Å². The van der Waals surface area contributed by atoms with Crippen molar-refractivity contribution in [2.75, 3.05) is 0 Å². The molecule has 0 aliphatic heterocycles. The molecule has 0 fully saturated rings. The Kier molecular flexibility index (Phi) is 572000000. The molecule has 0 atom stereocenters. The molecule has 0 bridgehead atoms. The van der Waals surface area contributed by atoms with Crippen LogP contribution in [-0.4, -0.2) is 1.12 Å². The van der Waals surface area contributed by atoms with Gasteiger partial charge >= 0.3 is 0 Å². The third-order valence-corrected chi connectivity index (χ3v) is 0. The first-order chi connectivity index (χ1) is 1.00. The molecule has 0 nitrogen and oxygen atoms in total. The SMILES string of the molecule is C.C.C.C.C.C.C.C.C.C.C.C.C.C.C.C.C.C.C.C.C.C.C.C.C.C.C.C.C.C.C.C.C.C.C.C.C.C.C.C.C.C.C.C.C.C.C.C.C.C.C.C.C.C.C.C.C.C.C.C.C.C.C.C.C.C.C.C.C.C.C.C.C.C.C.C.C.C.C.C.C.C.C.C.C.C.C.C.C.C.C.[3H]S.[Pa]. The van der Waals surface area contributed by atoms with E-state index in [2.05, 4.69) is 13.4 Å². The van der Waals surface area contributed by atoms with Crippen LogP contribution >= 0.6 is 13.4 Å². The van der Waals surface area contributed by atoms with Crippen LogP contribution in [0, 0.1) is 32.3 Å². The van der Waals surface area contributed by atoms with Crippen molar-refractivity contribution < 1.29 is 32.3 Å². The van der Waals surface area contributed by atoms with Gasteiger partial charge in [0.05, 0.1) is 1.12 Å². The maximum absolute atomic E-state index is 5.44. The Labute approximate surface area is 717 Å². The monoisotopic (exact) mass is 1730 g/mol. The number of hydrogen-bond donors (Lipinski definition) is 0. The molecule has 0 aliphatic rings. The van der Waals surface area contributed by atoms with Crippen LogP contribution in [0.25, 0.3) is 0 Å². The number of hydrogen-bond acceptors (Lipinski definition) is 0. The Morgan fingerprint density at radius 3 is 0.0538 bits per heavy atom. The first kappa shape index (κ1) is 138000. The average molecular weight is 1730 g/mol. The minimum atomic E-state index is 0. The molecule has 2 heteroatoms. The molecule has 0 saturated heterocycles. The quantitative estimate of drug-likeness (QED) is 0.227. The van der Waals surface area contributed by atoms with Gasteiger partial charge in [0, 0.05) is 32.3 Å². The second-order valence-corrected chi connectivity index (χ2v) is 0. The molecule has 0 aromatic rings. The molecule has 0 spiro atoms. The molecule has 0 aromatic carbocycles. The van der Waals surface area contributed by atoms with Crippen molar-refractivity contribution in [2.24, 2.45) is 0 Å². The molecule has 0 unspecified atom stereocenters. The topological polar surface area (TPSA) is 0 Å². The van der Waals surface area contributed by atoms with Gasteiger partial charge in [-0.1, -0.05) is 676 Å². The van der Waals surface area contributed by atoms with E-state index in [0.717, 1.165) is 0 Å². The van der Waals surface area contributed by atoms with E-state index >= 15 is 0 Å². The van der Waals surface area contributed by atoms with Gasteiger partial charge in [0.1, 0.15) is 0 Å². The van der Waals surface area contributed by atoms with Crippen molar-refractivity contribution >= 4 is 13.4 Å². The summed E-state index contributed by atoms with van der Waals surface area (Å²) in [7, 11) is 0. The molecule has 93 heavy (non-hydrogen) atoms. The molecule has 0 heterocycles. The maximum atomic E-state index is 5.44. The zero-order chi connectivity index (χ0) is 2.00. The Bertz CT molecular complexity index is 23.9. The summed E-state index contributed by atoms with van der Waals surface area (Å²) in [5, 5.41) is 0. The van der Waals surface area contributed by atoms with Gasteiger partial charge in [-0.3, -0.25) is 0 Å². The van der Waals surface area contributed by atoms with Gasteiger partial charge in [0.2, 0.25) is 0 Å². The van der Waals surface area contributed by atoms with Crippen molar-refractivity contribution in [2.45, 2.75) is 676 Å². The van der Waals surface area contributed by atoms with E-state index in [1.54, 1.807) is 0 Å². The van der Waals surface area contributed by atoms with Crippen LogP contribution < -0.4 is 0 Å². The molecule has 1 radical (unpaired) electrons. The van der Waals surface area contributed by atoms with Gasteiger partial charge in [-0.05, 0) is 0 Å². The molecule has 0 rings (SSSR count). The van der Waals surface area contributed by atoms with Crippen LogP contribution in [0.2, 0.25) is 0 Å². The van der Waals surface area contributed by atoms with E-state index in [1.165, 1.54) is 0 Å². The minimum absolute atomic E-state index is 0. The Morgan fingerprint density at radius 2 is 0.0538 bits per heavy atom. The first-order valence-electron chi connectivity index (χ1n) is 0.447. The normalized spacial score (nSPS) is 0.0753. The summed E-state index contributed by atoms with van der Waals surface area (Å²) < 4.78 is 5.44. The van der Waals surface area contributed by atoms with Gasteiger partial charge in [0.15, 0.2) is 0 Å². The second-order valence-electron chi connectivity index (χ2n) is 0. The standard InChI is InChI=1S/91CH4.Pa.H2S/h91*1H4;;1H2/i/hT. The van der Waals surface area contributed by atoms with Crippen LogP contribution in [-0.2, 0) is 0 Å². The Morgan fingerprint density at radius 1 is 0.0538 bits per heavy atom. The Hall–Kier alpha value is 1.44. The zero-order valence-corrected chi connectivity index (χ0v) is 6.73. The summed E-state index contributed by atoms with van der Waals surface area (Å²) in [6.45, 7) is 0. The summed E-state index contributed by atoms with van der Waals surface area (Å²) in [6, 6.07) is 0. The van der Waals surface area contributed by atoms with Crippen molar-refractivity contribution in [3.8, 4) is 0 Å². The van der Waals surface area contributed by atoms with Crippen LogP contribution in [0.5, 0.6) is 0 Å². The summed E-state index contributed by atoms with van der Waals surface area (Å²) in [6.07, 6.45) is 0. The molecule has 0 aliphatic carbocycles. The van der Waals surface area contributed by atoms with Crippen LogP contribution in [0.3, 0.4) is 0 Å². The predicted molar refractivity (Wildman–Crippen MR) is 623 cm³/mol. The molecular formula is C91H366PaS. The largest absolute Gasteiger partial charge is 0.197 e. The average Bonchev–Trinajstić information content (AvgIpc) is 1.00. The van der Waals surface area contributed by atoms with Gasteiger partial charge in [0.25, 0.3) is 0 Å². The summed E-state index contributed by atoms with van der Waals surface area (Å²) in [5.74, 6) is 0. The van der Waals surface area contributed by atoms with E-state index in [4.69, 9.17) is 1.12 Å². The summed E-state index contributed by atoms with van der Waals surface area (Å²) >= 11 is 2.78. The van der Waals surface area contributed by atoms with Crippen molar-refractivity contribution in [3.05, 3.63) is 0 Å². The van der Waals surface area contributed by atoms with Crippen molar-refractivity contribution in [1.82, 2.24) is 0 Å². The molecule has 739 valence electrons. The third kappa shape index (κ3) is 376000. The van der Waals surface area contributed by atoms with Crippen molar-refractivity contribution in [1.29, 1.82) is 1.12 Å². The fourth-order valence-corrected chi connectivity index (χ4v) is 0.